The standard InChI is InChI=1S/C20H17FN2O5S/c1-2-27-16-9-12(7-8-15(16)28-11-18(24)25)10-17-19(26)23-20(29-17)22-14-6-4-3-5-13(14)21/h3-10H,2,11H2,1H3,(H,24,25)(H,22,23,26)/b17-10-. The molecule has 1 amide bonds. The number of nitrogens with one attached hydrogen (secondary N) is 1. The largest absolute Gasteiger partial charge is 0.490 e. The van der Waals surface area contributed by atoms with Crippen molar-refractivity contribution in [2.45, 2.75) is 6.92 Å². The lowest BCUT2D eigenvalue weighted by Gasteiger charge is -2.11. The van der Waals surface area contributed by atoms with Gasteiger partial charge in [-0.05, 0) is 54.6 Å². The predicted octanol–water partition coefficient (Wildman–Crippen LogP) is 3.58. The minimum atomic E-state index is -1.10. The van der Waals surface area contributed by atoms with Crippen molar-refractivity contribution in [3.8, 4) is 11.5 Å². The third-order valence-electron chi connectivity index (χ3n) is 3.64. The molecule has 2 N–H and O–H groups in total. The van der Waals surface area contributed by atoms with Gasteiger partial charge < -0.3 is 19.9 Å². The predicted molar refractivity (Wildman–Crippen MR) is 108 cm³/mol. The minimum absolute atomic E-state index is 0.134. The van der Waals surface area contributed by atoms with E-state index in [4.69, 9.17) is 14.6 Å². The number of carbonyl (C=O) groups excluding carboxylic acids is 1. The molecule has 1 heterocycles. The molecule has 9 heteroatoms. The van der Waals surface area contributed by atoms with Crippen LogP contribution < -0.4 is 14.8 Å². The van der Waals surface area contributed by atoms with Gasteiger partial charge >= 0.3 is 5.97 Å². The molecule has 1 aliphatic heterocycles. The topological polar surface area (TPSA) is 97.2 Å². The van der Waals surface area contributed by atoms with E-state index >= 15 is 0 Å². The molecule has 7 nitrogen and oxygen atoms in total. The number of thioether (sulfide) groups is 1. The average molecular weight is 416 g/mol. The van der Waals surface area contributed by atoms with Crippen LogP contribution in [0.15, 0.2) is 52.4 Å². The van der Waals surface area contributed by atoms with Gasteiger partial charge in [-0.3, -0.25) is 4.79 Å². The average Bonchev–Trinajstić information content (AvgIpc) is 3.02. The Labute approximate surface area is 170 Å². The summed E-state index contributed by atoms with van der Waals surface area (Å²) in [5.41, 5.74) is 0.788. The van der Waals surface area contributed by atoms with Crippen LogP contribution in [0.1, 0.15) is 12.5 Å². The molecule has 0 saturated carbocycles. The van der Waals surface area contributed by atoms with Crippen molar-refractivity contribution in [2.75, 3.05) is 13.2 Å². The Balaban J connectivity index is 1.82. The number of hydrogen-bond donors (Lipinski definition) is 2. The van der Waals surface area contributed by atoms with Gasteiger partial charge in [-0.25, -0.2) is 14.2 Å². The van der Waals surface area contributed by atoms with E-state index in [9.17, 15) is 14.0 Å². The van der Waals surface area contributed by atoms with Gasteiger partial charge in [0.2, 0.25) is 0 Å². The summed E-state index contributed by atoms with van der Waals surface area (Å²) < 4.78 is 24.4. The van der Waals surface area contributed by atoms with Crippen LogP contribution in [0.2, 0.25) is 0 Å². The molecule has 3 rings (SSSR count). The van der Waals surface area contributed by atoms with E-state index in [-0.39, 0.29) is 16.8 Å². The zero-order valence-corrected chi connectivity index (χ0v) is 16.2. The van der Waals surface area contributed by atoms with E-state index in [2.05, 4.69) is 10.3 Å². The summed E-state index contributed by atoms with van der Waals surface area (Å²) >= 11 is 1.09. The number of para-hydroxylation sites is 1. The van der Waals surface area contributed by atoms with E-state index < -0.39 is 18.4 Å². The summed E-state index contributed by atoms with van der Waals surface area (Å²) in [4.78, 5) is 27.4. The monoisotopic (exact) mass is 416 g/mol. The lowest BCUT2D eigenvalue weighted by Crippen LogP contribution is -2.19. The van der Waals surface area contributed by atoms with E-state index in [1.54, 1.807) is 43.3 Å². The van der Waals surface area contributed by atoms with Gasteiger partial charge in [0.1, 0.15) is 11.5 Å². The highest BCUT2D eigenvalue weighted by Gasteiger charge is 2.24. The Hall–Kier alpha value is -3.33. The minimum Gasteiger partial charge on any atom is -0.490 e. The number of aliphatic imine (C=N–C) groups is 1. The first-order chi connectivity index (χ1) is 14.0. The number of benzene rings is 2. The molecule has 0 aliphatic carbocycles. The molecule has 0 spiro atoms. The Morgan fingerprint density at radius 3 is 2.76 bits per heavy atom. The van der Waals surface area contributed by atoms with Crippen molar-refractivity contribution in [3.05, 3.63) is 58.8 Å². The van der Waals surface area contributed by atoms with Crippen LogP contribution >= 0.6 is 11.8 Å². The van der Waals surface area contributed by atoms with E-state index in [1.807, 2.05) is 0 Å². The first-order valence-corrected chi connectivity index (χ1v) is 9.43. The second-order valence-corrected chi connectivity index (χ2v) is 6.79. The van der Waals surface area contributed by atoms with Crippen molar-refractivity contribution in [1.82, 2.24) is 5.32 Å². The lowest BCUT2D eigenvalue weighted by atomic mass is 10.2. The van der Waals surface area contributed by atoms with Gasteiger partial charge in [0.25, 0.3) is 5.91 Å². The summed E-state index contributed by atoms with van der Waals surface area (Å²) in [5, 5.41) is 11.6. The molecule has 1 aliphatic rings. The number of carbonyl (C=O) groups is 2. The summed E-state index contributed by atoms with van der Waals surface area (Å²) in [5.74, 6) is -1.27. The van der Waals surface area contributed by atoms with Crippen molar-refractivity contribution >= 4 is 40.6 Å². The molecule has 2 aromatic carbocycles. The Bertz CT molecular complexity index is 1010. The third-order valence-corrected chi connectivity index (χ3v) is 4.55. The van der Waals surface area contributed by atoms with Gasteiger partial charge in [-0.15, -0.1) is 0 Å². The quantitative estimate of drug-likeness (QED) is 0.670. The number of halogens is 1. The molecule has 0 aromatic heterocycles. The number of rotatable bonds is 7. The van der Waals surface area contributed by atoms with Gasteiger partial charge in [-0.1, -0.05) is 18.2 Å². The third kappa shape index (κ3) is 5.35. The lowest BCUT2D eigenvalue weighted by molar-refractivity contribution is -0.139. The molecular formula is C20H17FN2O5S. The molecule has 1 saturated heterocycles. The molecule has 29 heavy (non-hydrogen) atoms. The Morgan fingerprint density at radius 2 is 2.03 bits per heavy atom. The fourth-order valence-corrected chi connectivity index (χ4v) is 3.26. The van der Waals surface area contributed by atoms with Crippen molar-refractivity contribution in [3.63, 3.8) is 0 Å². The van der Waals surface area contributed by atoms with Crippen LogP contribution in [0.25, 0.3) is 6.08 Å². The Morgan fingerprint density at radius 1 is 1.24 bits per heavy atom. The SMILES string of the molecule is CCOc1cc(/C=C2\SC(=Nc3ccccc3F)NC2=O)ccc1OCC(=O)O. The highest BCUT2D eigenvalue weighted by atomic mass is 32.2. The maximum absolute atomic E-state index is 13.7. The van der Waals surface area contributed by atoms with Crippen LogP contribution in [-0.2, 0) is 9.59 Å². The maximum Gasteiger partial charge on any atom is 0.341 e. The molecule has 2 aromatic rings. The number of ether oxygens (including phenoxy) is 2. The second kappa shape index (κ2) is 9.24. The Kier molecular flexibility index (Phi) is 6.50. The fraction of sp³-hybridized carbons (Fsp3) is 0.150. The zero-order valence-electron chi connectivity index (χ0n) is 15.3. The highest BCUT2D eigenvalue weighted by molar-refractivity contribution is 8.18. The number of carboxylic acids is 1. The van der Waals surface area contributed by atoms with Gasteiger partial charge in [0, 0.05) is 0 Å². The molecular weight excluding hydrogens is 399 g/mol. The molecule has 0 unspecified atom stereocenters. The first-order valence-electron chi connectivity index (χ1n) is 8.62. The van der Waals surface area contributed by atoms with E-state index in [1.165, 1.54) is 12.1 Å². The van der Waals surface area contributed by atoms with E-state index in [0.717, 1.165) is 11.8 Å². The van der Waals surface area contributed by atoms with Crippen molar-refractivity contribution in [2.24, 2.45) is 4.99 Å². The molecule has 0 atom stereocenters. The molecule has 0 radical (unpaired) electrons. The van der Waals surface area contributed by atoms with Gasteiger partial charge in [-0.2, -0.15) is 0 Å². The number of nitrogens with zero attached hydrogens (tertiary/aromatic N) is 1. The van der Waals surface area contributed by atoms with Crippen LogP contribution in [-0.4, -0.2) is 35.4 Å². The fourth-order valence-electron chi connectivity index (χ4n) is 2.43. The van der Waals surface area contributed by atoms with E-state index in [0.29, 0.717) is 28.6 Å². The number of aliphatic carboxylic acids is 1. The summed E-state index contributed by atoms with van der Waals surface area (Å²) in [6.45, 7) is 1.66. The van der Waals surface area contributed by atoms with Crippen LogP contribution in [0.4, 0.5) is 10.1 Å². The van der Waals surface area contributed by atoms with Gasteiger partial charge in [0.15, 0.2) is 23.3 Å². The smallest absolute Gasteiger partial charge is 0.341 e. The second-order valence-electron chi connectivity index (χ2n) is 5.75. The number of amidine groups is 1. The first kappa shape index (κ1) is 20.4. The van der Waals surface area contributed by atoms with Crippen LogP contribution in [0.3, 0.4) is 0 Å². The molecule has 150 valence electrons. The number of amides is 1. The van der Waals surface area contributed by atoms with Crippen molar-refractivity contribution in [1.29, 1.82) is 0 Å². The normalized spacial score (nSPS) is 16.1. The maximum atomic E-state index is 13.7. The van der Waals surface area contributed by atoms with Gasteiger partial charge in [0.05, 0.1) is 11.5 Å². The summed E-state index contributed by atoms with van der Waals surface area (Å²) in [7, 11) is 0. The summed E-state index contributed by atoms with van der Waals surface area (Å²) in [6, 6.07) is 10.9. The number of hydrogen-bond acceptors (Lipinski definition) is 6. The highest BCUT2D eigenvalue weighted by Crippen LogP contribution is 2.32. The van der Waals surface area contributed by atoms with Crippen LogP contribution in [0.5, 0.6) is 11.5 Å². The van der Waals surface area contributed by atoms with Crippen LogP contribution in [0, 0.1) is 5.82 Å². The summed E-state index contributed by atoms with van der Waals surface area (Å²) in [6.07, 6.45) is 1.63. The zero-order chi connectivity index (χ0) is 20.8. The molecule has 1 fully saturated rings. The molecule has 0 bridgehead atoms. The number of carboxylic acid groups (broad SMARTS) is 1. The van der Waals surface area contributed by atoms with Crippen molar-refractivity contribution < 1.29 is 28.6 Å².